The van der Waals surface area contributed by atoms with Crippen molar-refractivity contribution in [2.45, 2.75) is 26.4 Å². The summed E-state index contributed by atoms with van der Waals surface area (Å²) in [4.78, 5) is 8.59. The summed E-state index contributed by atoms with van der Waals surface area (Å²) in [6.07, 6.45) is 6.50. The number of hydrogen-bond donors (Lipinski definition) is 2. The molecule has 0 spiro atoms. The number of guanidine groups is 1. The van der Waals surface area contributed by atoms with E-state index in [-0.39, 0.29) is 0 Å². The molecule has 0 aliphatic rings. The summed E-state index contributed by atoms with van der Waals surface area (Å²) in [5.41, 5.74) is 10.7. The number of hydrogen-bond acceptors (Lipinski definition) is 3. The van der Waals surface area contributed by atoms with Crippen molar-refractivity contribution in [1.82, 2.24) is 14.9 Å². The minimum atomic E-state index is 0.465. The van der Waals surface area contributed by atoms with E-state index in [1.54, 1.807) is 6.20 Å². The van der Waals surface area contributed by atoms with Crippen LogP contribution in [0.2, 0.25) is 0 Å². The van der Waals surface area contributed by atoms with Crippen molar-refractivity contribution in [3.8, 4) is 11.1 Å². The van der Waals surface area contributed by atoms with E-state index in [0.29, 0.717) is 12.5 Å². The zero-order valence-electron chi connectivity index (χ0n) is 16.9. The van der Waals surface area contributed by atoms with Crippen LogP contribution in [0.5, 0.6) is 0 Å². The molecule has 0 amide bonds. The van der Waals surface area contributed by atoms with Crippen molar-refractivity contribution in [2.24, 2.45) is 10.7 Å². The SMILES string of the molecule is CCOCCCNC(N)=NCc1ccccc1-c1ccc(Cn2ccnc2)cc1. The molecule has 0 saturated heterocycles. The van der Waals surface area contributed by atoms with E-state index in [2.05, 4.69) is 62.3 Å². The Morgan fingerprint density at radius 3 is 2.76 bits per heavy atom. The van der Waals surface area contributed by atoms with Crippen LogP contribution < -0.4 is 11.1 Å². The predicted molar refractivity (Wildman–Crippen MR) is 118 cm³/mol. The zero-order valence-corrected chi connectivity index (χ0v) is 16.9. The van der Waals surface area contributed by atoms with Crippen LogP contribution in [0.4, 0.5) is 0 Å². The molecule has 6 heteroatoms. The molecule has 0 saturated carbocycles. The number of nitrogens with one attached hydrogen (secondary N) is 1. The van der Waals surface area contributed by atoms with Gasteiger partial charge in [0.25, 0.3) is 0 Å². The molecule has 0 aliphatic carbocycles. The molecule has 0 unspecified atom stereocenters. The number of aliphatic imine (C=N–C) groups is 1. The number of benzene rings is 2. The van der Waals surface area contributed by atoms with Gasteiger partial charge >= 0.3 is 0 Å². The summed E-state index contributed by atoms with van der Waals surface area (Å²) in [7, 11) is 0. The third-order valence-corrected chi connectivity index (χ3v) is 4.60. The molecule has 0 fully saturated rings. The van der Waals surface area contributed by atoms with Crippen LogP contribution >= 0.6 is 0 Å². The third kappa shape index (κ3) is 6.47. The second-order valence-corrected chi connectivity index (χ2v) is 6.77. The van der Waals surface area contributed by atoms with Gasteiger partial charge in [0.2, 0.25) is 0 Å². The summed E-state index contributed by atoms with van der Waals surface area (Å²) in [5.74, 6) is 0.465. The summed E-state index contributed by atoms with van der Waals surface area (Å²) in [6, 6.07) is 16.9. The molecule has 29 heavy (non-hydrogen) atoms. The van der Waals surface area contributed by atoms with E-state index in [0.717, 1.165) is 38.3 Å². The molecule has 0 atom stereocenters. The molecular formula is C23H29N5O. The molecule has 6 nitrogen and oxygen atoms in total. The second kappa shape index (κ2) is 11.0. The first-order valence-electron chi connectivity index (χ1n) is 10.0. The fourth-order valence-electron chi connectivity index (χ4n) is 3.08. The fraction of sp³-hybridized carbons (Fsp3) is 0.304. The average Bonchev–Trinajstić information content (AvgIpc) is 3.26. The van der Waals surface area contributed by atoms with Gasteiger partial charge in [-0.15, -0.1) is 0 Å². The summed E-state index contributed by atoms with van der Waals surface area (Å²) < 4.78 is 7.38. The van der Waals surface area contributed by atoms with Crippen LogP contribution in [0.3, 0.4) is 0 Å². The third-order valence-electron chi connectivity index (χ3n) is 4.60. The van der Waals surface area contributed by atoms with Crippen molar-refractivity contribution >= 4 is 5.96 Å². The molecule has 3 rings (SSSR count). The number of imidazole rings is 1. The fourth-order valence-corrected chi connectivity index (χ4v) is 3.08. The Kier molecular flexibility index (Phi) is 7.83. The summed E-state index contributed by atoms with van der Waals surface area (Å²) >= 11 is 0. The molecule has 0 aliphatic heterocycles. The Balaban J connectivity index is 1.61. The average molecular weight is 392 g/mol. The molecule has 0 radical (unpaired) electrons. The van der Waals surface area contributed by atoms with Gasteiger partial charge in [0.05, 0.1) is 12.9 Å². The highest BCUT2D eigenvalue weighted by molar-refractivity contribution is 5.78. The number of nitrogens with zero attached hydrogens (tertiary/aromatic N) is 3. The molecule has 1 heterocycles. The smallest absolute Gasteiger partial charge is 0.188 e. The lowest BCUT2D eigenvalue weighted by Gasteiger charge is -2.10. The van der Waals surface area contributed by atoms with Gasteiger partial charge in [-0.05, 0) is 35.6 Å². The first-order chi connectivity index (χ1) is 14.3. The monoisotopic (exact) mass is 391 g/mol. The maximum Gasteiger partial charge on any atom is 0.188 e. The van der Waals surface area contributed by atoms with Gasteiger partial charge in [0.1, 0.15) is 0 Å². The van der Waals surface area contributed by atoms with E-state index in [4.69, 9.17) is 10.5 Å². The molecule has 152 valence electrons. The molecular weight excluding hydrogens is 362 g/mol. The van der Waals surface area contributed by atoms with Crippen LogP contribution in [-0.2, 0) is 17.8 Å². The predicted octanol–water partition coefficient (Wildman–Crippen LogP) is 3.43. The summed E-state index contributed by atoms with van der Waals surface area (Å²) in [6.45, 7) is 5.58. The summed E-state index contributed by atoms with van der Waals surface area (Å²) in [5, 5.41) is 3.14. The highest BCUT2D eigenvalue weighted by atomic mass is 16.5. The van der Waals surface area contributed by atoms with E-state index in [1.807, 2.05) is 25.5 Å². The van der Waals surface area contributed by atoms with E-state index in [1.165, 1.54) is 16.7 Å². The minimum Gasteiger partial charge on any atom is -0.382 e. The largest absolute Gasteiger partial charge is 0.382 e. The quantitative estimate of drug-likeness (QED) is 0.315. The van der Waals surface area contributed by atoms with Gasteiger partial charge < -0.3 is 20.4 Å². The van der Waals surface area contributed by atoms with Crippen LogP contribution in [0.1, 0.15) is 24.5 Å². The normalized spacial score (nSPS) is 11.6. The molecule has 1 aromatic heterocycles. The van der Waals surface area contributed by atoms with Crippen LogP contribution in [0, 0.1) is 0 Å². The number of aromatic nitrogens is 2. The maximum absolute atomic E-state index is 6.00. The molecule has 3 N–H and O–H groups in total. The van der Waals surface area contributed by atoms with Crippen molar-refractivity contribution in [3.63, 3.8) is 0 Å². The standard InChI is InChI=1S/C23H29N5O/c1-2-29-15-5-12-26-23(24)27-16-21-6-3-4-7-22(21)20-10-8-19(9-11-20)17-28-14-13-25-18-28/h3-4,6-11,13-14,18H,2,5,12,15-17H2,1H3,(H3,24,26,27). The van der Waals surface area contributed by atoms with Gasteiger partial charge in [-0.3, -0.25) is 0 Å². The van der Waals surface area contributed by atoms with Gasteiger partial charge in [-0.25, -0.2) is 9.98 Å². The van der Waals surface area contributed by atoms with Crippen LogP contribution in [0.25, 0.3) is 11.1 Å². The lowest BCUT2D eigenvalue weighted by molar-refractivity contribution is 0.145. The van der Waals surface area contributed by atoms with E-state index >= 15 is 0 Å². The van der Waals surface area contributed by atoms with Gasteiger partial charge in [-0.1, -0.05) is 48.5 Å². The zero-order chi connectivity index (χ0) is 20.3. The molecule has 3 aromatic rings. The Morgan fingerprint density at radius 2 is 2.00 bits per heavy atom. The highest BCUT2D eigenvalue weighted by Crippen LogP contribution is 2.25. The lowest BCUT2D eigenvalue weighted by atomic mass is 9.98. The first-order valence-corrected chi connectivity index (χ1v) is 10.0. The van der Waals surface area contributed by atoms with Gasteiger partial charge in [0.15, 0.2) is 5.96 Å². The van der Waals surface area contributed by atoms with Crippen molar-refractivity contribution in [1.29, 1.82) is 0 Å². The minimum absolute atomic E-state index is 0.465. The molecule has 2 aromatic carbocycles. The number of nitrogens with two attached hydrogens (primary N) is 1. The van der Waals surface area contributed by atoms with Crippen molar-refractivity contribution < 1.29 is 4.74 Å². The van der Waals surface area contributed by atoms with Crippen molar-refractivity contribution in [3.05, 3.63) is 78.4 Å². The van der Waals surface area contributed by atoms with Gasteiger partial charge in [-0.2, -0.15) is 0 Å². The molecule has 0 bridgehead atoms. The second-order valence-electron chi connectivity index (χ2n) is 6.77. The topological polar surface area (TPSA) is 77.5 Å². The first kappa shape index (κ1) is 20.6. The Hall–Kier alpha value is -3.12. The Labute approximate surface area is 172 Å². The van der Waals surface area contributed by atoms with Crippen LogP contribution in [-0.4, -0.2) is 35.3 Å². The van der Waals surface area contributed by atoms with Gasteiger partial charge in [0, 0.05) is 38.7 Å². The highest BCUT2D eigenvalue weighted by Gasteiger charge is 2.05. The van der Waals surface area contributed by atoms with Crippen molar-refractivity contribution in [2.75, 3.05) is 19.8 Å². The van der Waals surface area contributed by atoms with E-state index < -0.39 is 0 Å². The Bertz CT molecular complexity index is 888. The lowest BCUT2D eigenvalue weighted by Crippen LogP contribution is -2.32. The number of ether oxygens (including phenoxy) is 1. The maximum atomic E-state index is 6.00. The number of rotatable bonds is 10. The van der Waals surface area contributed by atoms with Crippen LogP contribution in [0.15, 0.2) is 72.2 Å². The Morgan fingerprint density at radius 1 is 1.17 bits per heavy atom. The van der Waals surface area contributed by atoms with E-state index in [9.17, 15) is 0 Å².